The van der Waals surface area contributed by atoms with Gasteiger partial charge in [-0.05, 0) is 0 Å². The van der Waals surface area contributed by atoms with Gasteiger partial charge in [-0.1, -0.05) is 0 Å². The molecule has 0 bridgehead atoms. The second kappa shape index (κ2) is 2.53. The smallest absolute Gasteiger partial charge is 0.326 e. The Balaban J connectivity index is 3.59. The maximum absolute atomic E-state index is 10.6. The van der Waals surface area contributed by atoms with Crippen LogP contribution in [0.15, 0.2) is 9.59 Å². The van der Waals surface area contributed by atoms with Crippen LogP contribution in [0.4, 0.5) is 0 Å². The van der Waals surface area contributed by atoms with Crippen molar-refractivity contribution in [2.24, 2.45) is 5.73 Å². The van der Waals surface area contributed by atoms with Crippen molar-refractivity contribution in [2.45, 2.75) is 0 Å². The van der Waals surface area contributed by atoms with Crippen molar-refractivity contribution >= 4 is 5.91 Å². The molecule has 0 aliphatic rings. The van der Waals surface area contributed by atoms with Gasteiger partial charge in [-0.2, -0.15) is 0 Å². The lowest BCUT2D eigenvalue weighted by Crippen LogP contribution is -2.28. The van der Waals surface area contributed by atoms with E-state index in [1.54, 1.807) is 4.98 Å². The number of rotatable bonds is 1. The van der Waals surface area contributed by atoms with E-state index < -0.39 is 28.6 Å². The summed E-state index contributed by atoms with van der Waals surface area (Å²) in [6.07, 6.45) is 0. The van der Waals surface area contributed by atoms with Crippen LogP contribution in [0.1, 0.15) is 10.5 Å². The number of nitrogens with one attached hydrogen (secondary N) is 2. The van der Waals surface area contributed by atoms with E-state index >= 15 is 0 Å². The number of carbonyl (C=O) groups excluding carboxylic acids is 1. The molecule has 1 heterocycles. The maximum atomic E-state index is 10.6. The highest BCUT2D eigenvalue weighted by Crippen LogP contribution is 2.01. The molecule has 0 radical (unpaired) electrons. The third kappa shape index (κ3) is 1.19. The topological polar surface area (TPSA) is 129 Å². The fourth-order valence-electron chi connectivity index (χ4n) is 0.658. The van der Waals surface area contributed by atoms with E-state index in [4.69, 9.17) is 10.8 Å². The second-order valence-corrected chi connectivity index (χ2v) is 2.00. The molecule has 1 aromatic heterocycles. The molecule has 0 saturated carbocycles. The molecule has 5 N–H and O–H groups in total. The Morgan fingerprint density at radius 1 is 1.33 bits per heavy atom. The molecule has 7 heteroatoms. The first-order valence-electron chi connectivity index (χ1n) is 2.87. The highest BCUT2D eigenvalue weighted by Gasteiger charge is 2.11. The van der Waals surface area contributed by atoms with Crippen LogP contribution in [-0.2, 0) is 0 Å². The predicted octanol–water partition coefficient (Wildman–Crippen LogP) is -2.13. The lowest BCUT2D eigenvalue weighted by Gasteiger charge is -1.95. The zero-order chi connectivity index (χ0) is 9.30. The Labute approximate surface area is 64.9 Å². The second-order valence-electron chi connectivity index (χ2n) is 2.00. The van der Waals surface area contributed by atoms with E-state index in [1.807, 2.05) is 4.98 Å². The normalized spacial score (nSPS) is 9.67. The van der Waals surface area contributed by atoms with Gasteiger partial charge in [0.05, 0.1) is 0 Å². The lowest BCUT2D eigenvalue weighted by atomic mass is 10.3. The molecule has 12 heavy (non-hydrogen) atoms. The van der Waals surface area contributed by atoms with Gasteiger partial charge in [0.25, 0.3) is 11.5 Å². The summed E-state index contributed by atoms with van der Waals surface area (Å²) < 4.78 is 0. The van der Waals surface area contributed by atoms with Gasteiger partial charge in [-0.3, -0.25) is 19.6 Å². The fourth-order valence-corrected chi connectivity index (χ4v) is 0.658. The third-order valence-corrected chi connectivity index (χ3v) is 1.16. The largest absolute Gasteiger partial charge is 0.501 e. The number of nitrogens with two attached hydrogens (primary N) is 1. The molecule has 1 amide bonds. The van der Waals surface area contributed by atoms with E-state index in [0.717, 1.165) is 0 Å². The van der Waals surface area contributed by atoms with Crippen LogP contribution < -0.4 is 17.0 Å². The molecule has 7 nitrogen and oxygen atoms in total. The standard InChI is InChI=1S/C5H5N3O4/c6-3(10)1-2(9)4(11)8-5(12)7-1/h9H,(H2,6,10)(H2,7,8,11,12). The first-order valence-corrected chi connectivity index (χ1v) is 2.87. The van der Waals surface area contributed by atoms with E-state index in [0.29, 0.717) is 0 Å². The molecule has 0 aliphatic carbocycles. The number of amides is 1. The molecule has 0 aliphatic heterocycles. The SMILES string of the molecule is NC(=O)c1[nH]c(=O)[nH]c(=O)c1O. The molecule has 0 saturated heterocycles. The third-order valence-electron chi connectivity index (χ3n) is 1.16. The zero-order valence-electron chi connectivity index (χ0n) is 5.75. The van der Waals surface area contributed by atoms with Crippen LogP contribution in [-0.4, -0.2) is 21.0 Å². The Kier molecular flexibility index (Phi) is 1.70. The first kappa shape index (κ1) is 8.05. The monoisotopic (exact) mass is 171 g/mol. The van der Waals surface area contributed by atoms with Gasteiger partial charge < -0.3 is 10.8 Å². The van der Waals surface area contributed by atoms with Gasteiger partial charge in [0.1, 0.15) is 0 Å². The molecule has 1 aromatic rings. The number of hydrogen-bond acceptors (Lipinski definition) is 4. The van der Waals surface area contributed by atoms with Crippen LogP contribution in [0.3, 0.4) is 0 Å². The summed E-state index contributed by atoms with van der Waals surface area (Å²) in [7, 11) is 0. The van der Waals surface area contributed by atoms with Crippen molar-refractivity contribution in [2.75, 3.05) is 0 Å². The van der Waals surface area contributed by atoms with Gasteiger partial charge in [0.15, 0.2) is 5.69 Å². The van der Waals surface area contributed by atoms with Gasteiger partial charge in [0.2, 0.25) is 5.75 Å². The number of carbonyl (C=O) groups is 1. The average molecular weight is 171 g/mol. The van der Waals surface area contributed by atoms with Gasteiger partial charge in [-0.25, -0.2) is 4.79 Å². The molecular formula is C5H5N3O4. The molecule has 0 atom stereocenters. The van der Waals surface area contributed by atoms with Gasteiger partial charge >= 0.3 is 5.69 Å². The van der Waals surface area contributed by atoms with Crippen LogP contribution in [0.25, 0.3) is 0 Å². The summed E-state index contributed by atoms with van der Waals surface area (Å²) in [6, 6.07) is 0. The number of hydrogen-bond donors (Lipinski definition) is 4. The highest BCUT2D eigenvalue weighted by molar-refractivity contribution is 5.93. The molecule has 1 rings (SSSR count). The molecule has 0 unspecified atom stereocenters. The molecule has 0 spiro atoms. The van der Waals surface area contributed by atoms with E-state index in [1.165, 1.54) is 0 Å². The summed E-state index contributed by atoms with van der Waals surface area (Å²) in [5.41, 5.74) is 2.19. The quantitative estimate of drug-likeness (QED) is 0.384. The zero-order valence-corrected chi connectivity index (χ0v) is 5.75. The molecular weight excluding hydrogens is 166 g/mol. The number of H-pyrrole nitrogens is 2. The Hall–Kier alpha value is -2.05. The minimum absolute atomic E-state index is 0.594. The van der Waals surface area contributed by atoms with E-state index in [2.05, 4.69) is 0 Å². The van der Waals surface area contributed by atoms with Crippen molar-refractivity contribution in [3.05, 3.63) is 26.5 Å². The summed E-state index contributed by atoms with van der Waals surface area (Å²) in [5, 5.41) is 8.88. The first-order chi connectivity index (χ1) is 5.52. The Morgan fingerprint density at radius 2 is 1.92 bits per heavy atom. The van der Waals surface area contributed by atoms with Crippen molar-refractivity contribution in [3.8, 4) is 5.75 Å². The Morgan fingerprint density at radius 3 is 2.42 bits per heavy atom. The number of aromatic nitrogens is 2. The van der Waals surface area contributed by atoms with Crippen LogP contribution in [0.2, 0.25) is 0 Å². The lowest BCUT2D eigenvalue weighted by molar-refractivity contribution is 0.0992. The summed E-state index contributed by atoms with van der Waals surface area (Å²) in [5.74, 6) is -1.96. The van der Waals surface area contributed by atoms with E-state index in [-0.39, 0.29) is 0 Å². The van der Waals surface area contributed by atoms with Gasteiger partial charge in [0, 0.05) is 0 Å². The van der Waals surface area contributed by atoms with Crippen molar-refractivity contribution < 1.29 is 9.90 Å². The minimum atomic E-state index is -1.07. The minimum Gasteiger partial charge on any atom is -0.501 e. The van der Waals surface area contributed by atoms with Gasteiger partial charge in [-0.15, -0.1) is 0 Å². The van der Waals surface area contributed by atoms with Crippen molar-refractivity contribution in [3.63, 3.8) is 0 Å². The van der Waals surface area contributed by atoms with Crippen LogP contribution in [0.5, 0.6) is 5.75 Å². The number of aromatic amines is 2. The van der Waals surface area contributed by atoms with E-state index in [9.17, 15) is 14.4 Å². The average Bonchev–Trinajstić information content (AvgIpc) is 1.96. The summed E-state index contributed by atoms with van der Waals surface area (Å²) in [6.45, 7) is 0. The van der Waals surface area contributed by atoms with Crippen LogP contribution in [0, 0.1) is 0 Å². The molecule has 0 fully saturated rings. The molecule has 64 valence electrons. The Bertz CT molecular complexity index is 429. The number of primary amides is 1. The highest BCUT2D eigenvalue weighted by atomic mass is 16.3. The fraction of sp³-hybridized carbons (Fsp3) is 0. The maximum Gasteiger partial charge on any atom is 0.326 e. The summed E-state index contributed by atoms with van der Waals surface area (Å²) in [4.78, 5) is 35.2. The molecule has 0 aromatic carbocycles. The van der Waals surface area contributed by atoms with Crippen molar-refractivity contribution in [1.29, 1.82) is 0 Å². The van der Waals surface area contributed by atoms with Crippen molar-refractivity contribution in [1.82, 2.24) is 9.97 Å². The summed E-state index contributed by atoms with van der Waals surface area (Å²) >= 11 is 0. The predicted molar refractivity (Wildman–Crippen MR) is 37.9 cm³/mol. The number of aromatic hydroxyl groups is 1. The van der Waals surface area contributed by atoms with Crippen LogP contribution >= 0.6 is 0 Å².